The Bertz CT molecular complexity index is 1410. The first-order chi connectivity index (χ1) is 15.7. The van der Waals surface area contributed by atoms with Crippen molar-refractivity contribution in [2.24, 2.45) is 0 Å². The van der Waals surface area contributed by atoms with Crippen molar-refractivity contribution in [3.05, 3.63) is 101 Å². The van der Waals surface area contributed by atoms with Crippen LogP contribution >= 0.6 is 11.6 Å². The zero-order chi connectivity index (χ0) is 21.9. The van der Waals surface area contributed by atoms with Gasteiger partial charge in [-0.15, -0.1) is 0 Å². The van der Waals surface area contributed by atoms with Crippen LogP contribution in [0, 0.1) is 0 Å². The fourth-order valence-electron chi connectivity index (χ4n) is 4.04. The zero-order valence-electron chi connectivity index (χ0n) is 17.4. The molecule has 2 heterocycles. The number of para-hydroxylation sites is 1. The van der Waals surface area contributed by atoms with Gasteiger partial charge in [-0.1, -0.05) is 72.3 Å². The van der Waals surface area contributed by atoms with Crippen molar-refractivity contribution in [3.8, 4) is 11.3 Å². The summed E-state index contributed by atoms with van der Waals surface area (Å²) in [6.45, 7) is 0.591. The van der Waals surface area contributed by atoms with E-state index in [9.17, 15) is 4.79 Å². The molecule has 2 aromatic heterocycles. The van der Waals surface area contributed by atoms with E-state index in [-0.39, 0.29) is 5.91 Å². The van der Waals surface area contributed by atoms with Crippen LogP contribution in [0.25, 0.3) is 33.1 Å². The predicted molar refractivity (Wildman–Crippen MR) is 131 cm³/mol. The number of aromatic nitrogens is 2. The first kappa shape index (κ1) is 20.3. The molecule has 2 N–H and O–H groups in total. The first-order valence-corrected chi connectivity index (χ1v) is 11.1. The van der Waals surface area contributed by atoms with Crippen LogP contribution in [0.3, 0.4) is 0 Å². The number of carbonyl (C=O) groups is 1. The number of nitrogens with zero attached hydrogens (tertiary/aromatic N) is 1. The molecule has 1 amide bonds. The number of pyridine rings is 1. The SMILES string of the molecule is O=C(NCCCc1ccccc1)c1cc2c([nH]c3ccccc32)c(-c2cccc(Cl)c2)n1. The Morgan fingerprint density at radius 1 is 0.906 bits per heavy atom. The van der Waals surface area contributed by atoms with Gasteiger partial charge < -0.3 is 10.3 Å². The Hall–Kier alpha value is -3.63. The summed E-state index contributed by atoms with van der Waals surface area (Å²) in [5.74, 6) is -0.173. The number of nitrogens with one attached hydrogen (secondary N) is 2. The maximum Gasteiger partial charge on any atom is 0.269 e. The van der Waals surface area contributed by atoms with E-state index in [1.165, 1.54) is 5.56 Å². The summed E-state index contributed by atoms with van der Waals surface area (Å²) in [5.41, 5.74) is 5.16. The van der Waals surface area contributed by atoms with E-state index in [1.54, 1.807) is 0 Å². The highest BCUT2D eigenvalue weighted by atomic mass is 35.5. The van der Waals surface area contributed by atoms with Crippen molar-refractivity contribution in [2.45, 2.75) is 12.8 Å². The van der Waals surface area contributed by atoms with Crippen LogP contribution in [-0.4, -0.2) is 22.4 Å². The Kier molecular flexibility index (Phi) is 5.61. The molecular formula is C27H22ClN3O. The lowest BCUT2D eigenvalue weighted by Gasteiger charge is -2.09. The highest BCUT2D eigenvalue weighted by Gasteiger charge is 2.17. The van der Waals surface area contributed by atoms with Crippen molar-refractivity contribution in [2.75, 3.05) is 6.54 Å². The molecule has 0 saturated heterocycles. The number of fused-ring (bicyclic) bond motifs is 3. The van der Waals surface area contributed by atoms with E-state index < -0.39 is 0 Å². The lowest BCUT2D eigenvalue weighted by Crippen LogP contribution is -2.25. The third-order valence-electron chi connectivity index (χ3n) is 5.60. The van der Waals surface area contributed by atoms with Crippen LogP contribution in [0.4, 0.5) is 0 Å². The summed E-state index contributed by atoms with van der Waals surface area (Å²) in [4.78, 5) is 21.2. The minimum absolute atomic E-state index is 0.173. The number of rotatable bonds is 6. The first-order valence-electron chi connectivity index (χ1n) is 10.7. The van der Waals surface area contributed by atoms with Gasteiger partial charge in [-0.3, -0.25) is 4.79 Å². The smallest absolute Gasteiger partial charge is 0.269 e. The van der Waals surface area contributed by atoms with Gasteiger partial charge in [0.1, 0.15) is 5.69 Å². The predicted octanol–water partition coefficient (Wildman–Crippen LogP) is 6.40. The molecule has 0 bridgehead atoms. The molecule has 0 atom stereocenters. The highest BCUT2D eigenvalue weighted by molar-refractivity contribution is 6.31. The van der Waals surface area contributed by atoms with Crippen molar-refractivity contribution in [3.63, 3.8) is 0 Å². The fraction of sp³-hybridized carbons (Fsp3) is 0.111. The molecule has 0 spiro atoms. The minimum atomic E-state index is -0.173. The fourth-order valence-corrected chi connectivity index (χ4v) is 4.23. The lowest BCUT2D eigenvalue weighted by atomic mass is 10.1. The summed E-state index contributed by atoms with van der Waals surface area (Å²) in [6.07, 6.45) is 1.79. The molecule has 0 aliphatic rings. The molecule has 0 unspecified atom stereocenters. The van der Waals surface area contributed by atoms with Gasteiger partial charge in [-0.05, 0) is 42.7 Å². The quantitative estimate of drug-likeness (QED) is 0.301. The Morgan fingerprint density at radius 2 is 1.72 bits per heavy atom. The second-order valence-electron chi connectivity index (χ2n) is 7.80. The van der Waals surface area contributed by atoms with Crippen LogP contribution in [0.1, 0.15) is 22.5 Å². The molecule has 5 heteroatoms. The van der Waals surface area contributed by atoms with Crippen LogP contribution in [0.2, 0.25) is 5.02 Å². The van der Waals surface area contributed by atoms with Gasteiger partial charge in [0.2, 0.25) is 0 Å². The van der Waals surface area contributed by atoms with Crippen molar-refractivity contribution in [1.29, 1.82) is 0 Å². The summed E-state index contributed by atoms with van der Waals surface area (Å²) in [6, 6.07) is 27.8. The number of aryl methyl sites for hydroxylation is 1. The molecule has 32 heavy (non-hydrogen) atoms. The van der Waals surface area contributed by atoms with Gasteiger partial charge in [0.15, 0.2) is 0 Å². The number of hydrogen-bond donors (Lipinski definition) is 2. The topological polar surface area (TPSA) is 57.8 Å². The molecule has 0 saturated carbocycles. The van der Waals surface area contributed by atoms with Crippen molar-refractivity contribution in [1.82, 2.24) is 15.3 Å². The molecule has 4 nitrogen and oxygen atoms in total. The summed E-state index contributed by atoms with van der Waals surface area (Å²) in [5, 5.41) is 5.69. The number of hydrogen-bond acceptors (Lipinski definition) is 2. The zero-order valence-corrected chi connectivity index (χ0v) is 18.2. The van der Waals surface area contributed by atoms with Gasteiger partial charge in [0.25, 0.3) is 5.91 Å². The minimum Gasteiger partial charge on any atom is -0.353 e. The molecule has 5 rings (SSSR count). The lowest BCUT2D eigenvalue weighted by molar-refractivity contribution is 0.0948. The molecular weight excluding hydrogens is 418 g/mol. The van der Waals surface area contributed by atoms with Gasteiger partial charge in [-0.2, -0.15) is 0 Å². The molecule has 158 valence electrons. The number of H-pyrrole nitrogens is 1. The van der Waals surface area contributed by atoms with Gasteiger partial charge >= 0.3 is 0 Å². The maximum absolute atomic E-state index is 13.0. The van der Waals surface area contributed by atoms with Crippen LogP contribution in [0.5, 0.6) is 0 Å². The summed E-state index contributed by atoms with van der Waals surface area (Å²) in [7, 11) is 0. The third kappa shape index (κ3) is 4.10. The second-order valence-corrected chi connectivity index (χ2v) is 8.24. The average molecular weight is 440 g/mol. The average Bonchev–Trinajstić information content (AvgIpc) is 3.20. The Morgan fingerprint density at radius 3 is 2.56 bits per heavy atom. The molecule has 0 fully saturated rings. The van der Waals surface area contributed by atoms with E-state index in [4.69, 9.17) is 16.6 Å². The van der Waals surface area contributed by atoms with Gasteiger partial charge in [0, 0.05) is 33.4 Å². The van der Waals surface area contributed by atoms with E-state index in [2.05, 4.69) is 28.5 Å². The van der Waals surface area contributed by atoms with Crippen molar-refractivity contribution < 1.29 is 4.79 Å². The number of halogens is 1. The summed E-state index contributed by atoms with van der Waals surface area (Å²) >= 11 is 6.24. The van der Waals surface area contributed by atoms with Crippen LogP contribution in [-0.2, 0) is 6.42 Å². The van der Waals surface area contributed by atoms with E-state index in [0.29, 0.717) is 17.3 Å². The van der Waals surface area contributed by atoms with E-state index >= 15 is 0 Å². The molecule has 0 radical (unpaired) electrons. The largest absolute Gasteiger partial charge is 0.353 e. The summed E-state index contributed by atoms with van der Waals surface area (Å²) < 4.78 is 0. The highest BCUT2D eigenvalue weighted by Crippen LogP contribution is 2.33. The monoisotopic (exact) mass is 439 g/mol. The molecule has 3 aromatic carbocycles. The van der Waals surface area contributed by atoms with Crippen LogP contribution in [0.15, 0.2) is 84.9 Å². The molecule has 0 aliphatic heterocycles. The molecule has 5 aromatic rings. The Balaban J connectivity index is 1.47. The standard InChI is InChI=1S/C27H22ClN3O/c28-20-12-6-11-19(16-20)25-26-22(21-13-4-5-14-23(21)30-26)17-24(31-25)27(32)29-15-7-10-18-8-2-1-3-9-18/h1-6,8-9,11-14,16-17,30H,7,10,15H2,(H,29,32). The van der Waals surface area contributed by atoms with E-state index in [1.807, 2.05) is 66.7 Å². The Labute approximate surface area is 191 Å². The third-order valence-corrected chi connectivity index (χ3v) is 5.83. The second kappa shape index (κ2) is 8.85. The maximum atomic E-state index is 13.0. The van der Waals surface area contributed by atoms with Gasteiger partial charge in [0.05, 0.1) is 11.2 Å². The number of amides is 1. The van der Waals surface area contributed by atoms with E-state index in [0.717, 1.165) is 45.9 Å². The number of benzene rings is 3. The normalized spacial score (nSPS) is 11.2. The van der Waals surface area contributed by atoms with Crippen LogP contribution < -0.4 is 5.32 Å². The van der Waals surface area contributed by atoms with Crippen molar-refractivity contribution >= 4 is 39.3 Å². The molecule has 0 aliphatic carbocycles. The number of aromatic amines is 1. The number of carbonyl (C=O) groups excluding carboxylic acids is 1. The van der Waals surface area contributed by atoms with Gasteiger partial charge in [-0.25, -0.2) is 4.98 Å².